The smallest absolute Gasteiger partial charge is 0.343 e. The third-order valence-electron chi connectivity index (χ3n) is 2.59. The summed E-state index contributed by atoms with van der Waals surface area (Å²) in [6, 6.07) is 1.52. The lowest BCUT2D eigenvalue weighted by atomic mass is 10.1. The van der Waals surface area contributed by atoms with Gasteiger partial charge in [0.05, 0.1) is 18.5 Å². The number of ether oxygens (including phenoxy) is 2. The molecule has 0 saturated carbocycles. The Hall–Kier alpha value is -1.78. The van der Waals surface area contributed by atoms with E-state index in [4.69, 9.17) is 15.2 Å². The minimum Gasteiger partial charge on any atom is -0.471 e. The maximum absolute atomic E-state index is 11.8. The standard InChI is InChI=1S/C13H20N2O3/c1-5-13(3,4)18-11-10(12(16)17-6-2)7-9(14)8-15-11/h7-8H,5-6,14H2,1-4H3. The molecule has 0 radical (unpaired) electrons. The van der Waals surface area contributed by atoms with E-state index in [2.05, 4.69) is 4.98 Å². The number of rotatable bonds is 5. The SMILES string of the molecule is CCOC(=O)c1cc(N)cnc1OC(C)(C)CC. The zero-order chi connectivity index (χ0) is 13.8. The average Bonchev–Trinajstić information content (AvgIpc) is 2.31. The molecule has 0 spiro atoms. The molecule has 0 aliphatic carbocycles. The molecular formula is C13H20N2O3. The number of pyridine rings is 1. The van der Waals surface area contributed by atoms with Crippen molar-refractivity contribution < 1.29 is 14.3 Å². The van der Waals surface area contributed by atoms with E-state index in [9.17, 15) is 4.79 Å². The number of hydrogen-bond donors (Lipinski definition) is 1. The summed E-state index contributed by atoms with van der Waals surface area (Å²) in [5, 5.41) is 0. The molecule has 5 nitrogen and oxygen atoms in total. The van der Waals surface area contributed by atoms with Crippen LogP contribution in [0.3, 0.4) is 0 Å². The number of carbonyl (C=O) groups excluding carboxylic acids is 1. The van der Waals surface area contributed by atoms with Gasteiger partial charge in [-0.25, -0.2) is 9.78 Å². The van der Waals surface area contributed by atoms with Crippen LogP contribution in [0.5, 0.6) is 5.88 Å². The van der Waals surface area contributed by atoms with E-state index < -0.39 is 11.6 Å². The van der Waals surface area contributed by atoms with Gasteiger partial charge in [0.15, 0.2) is 0 Å². The molecule has 2 N–H and O–H groups in total. The molecule has 100 valence electrons. The largest absolute Gasteiger partial charge is 0.471 e. The maximum Gasteiger partial charge on any atom is 0.343 e. The molecule has 1 aromatic rings. The third-order valence-corrected chi connectivity index (χ3v) is 2.59. The number of nitrogens with two attached hydrogens (primary N) is 1. The first kappa shape index (κ1) is 14.3. The van der Waals surface area contributed by atoms with Crippen molar-refractivity contribution in [2.24, 2.45) is 0 Å². The summed E-state index contributed by atoms with van der Waals surface area (Å²) >= 11 is 0. The summed E-state index contributed by atoms with van der Waals surface area (Å²) in [7, 11) is 0. The first-order valence-electron chi connectivity index (χ1n) is 6.01. The van der Waals surface area contributed by atoms with Gasteiger partial charge in [0.1, 0.15) is 11.2 Å². The molecule has 5 heteroatoms. The van der Waals surface area contributed by atoms with Crippen LogP contribution in [0.4, 0.5) is 5.69 Å². The van der Waals surface area contributed by atoms with Crippen LogP contribution in [0.1, 0.15) is 44.5 Å². The fraction of sp³-hybridized carbons (Fsp3) is 0.538. The number of anilines is 1. The second-order valence-electron chi connectivity index (χ2n) is 4.56. The number of carbonyl (C=O) groups is 1. The molecule has 0 amide bonds. The van der Waals surface area contributed by atoms with E-state index in [0.29, 0.717) is 12.3 Å². The number of hydrogen-bond acceptors (Lipinski definition) is 5. The maximum atomic E-state index is 11.8. The highest BCUT2D eigenvalue weighted by Crippen LogP contribution is 2.24. The molecule has 0 saturated heterocycles. The predicted octanol–water partition coefficient (Wildman–Crippen LogP) is 2.41. The van der Waals surface area contributed by atoms with Gasteiger partial charge in [0, 0.05) is 0 Å². The molecule has 0 unspecified atom stereocenters. The number of nitrogens with zero attached hydrogens (tertiary/aromatic N) is 1. The van der Waals surface area contributed by atoms with Crippen LogP contribution in [0.25, 0.3) is 0 Å². The van der Waals surface area contributed by atoms with Crippen molar-refractivity contribution in [3.63, 3.8) is 0 Å². The lowest BCUT2D eigenvalue weighted by Gasteiger charge is -2.25. The van der Waals surface area contributed by atoms with Crippen molar-refractivity contribution in [3.05, 3.63) is 17.8 Å². The highest BCUT2D eigenvalue weighted by molar-refractivity contribution is 5.92. The third kappa shape index (κ3) is 3.61. The normalized spacial score (nSPS) is 11.1. The first-order chi connectivity index (χ1) is 8.39. The van der Waals surface area contributed by atoms with Gasteiger partial charge < -0.3 is 15.2 Å². The summed E-state index contributed by atoms with van der Waals surface area (Å²) in [5.41, 5.74) is 5.90. The van der Waals surface area contributed by atoms with E-state index in [-0.39, 0.29) is 11.4 Å². The van der Waals surface area contributed by atoms with E-state index >= 15 is 0 Å². The second kappa shape index (κ2) is 5.71. The van der Waals surface area contributed by atoms with Crippen LogP contribution in [0.2, 0.25) is 0 Å². The molecular weight excluding hydrogens is 232 g/mol. The van der Waals surface area contributed by atoms with Crippen LogP contribution in [0, 0.1) is 0 Å². The zero-order valence-electron chi connectivity index (χ0n) is 11.3. The monoisotopic (exact) mass is 252 g/mol. The van der Waals surface area contributed by atoms with Gasteiger partial charge in [-0.2, -0.15) is 0 Å². The topological polar surface area (TPSA) is 74.4 Å². The summed E-state index contributed by atoms with van der Waals surface area (Å²) in [5.74, 6) is -0.214. The van der Waals surface area contributed by atoms with Crippen molar-refractivity contribution >= 4 is 11.7 Å². The Morgan fingerprint density at radius 3 is 2.67 bits per heavy atom. The molecule has 0 aromatic carbocycles. The molecule has 18 heavy (non-hydrogen) atoms. The van der Waals surface area contributed by atoms with Gasteiger partial charge in [0.25, 0.3) is 0 Å². The Bertz CT molecular complexity index is 430. The molecule has 0 atom stereocenters. The molecule has 0 aliphatic heterocycles. The molecule has 1 heterocycles. The minimum absolute atomic E-state index is 0.259. The summed E-state index contributed by atoms with van der Waals surface area (Å²) in [6.45, 7) is 7.90. The molecule has 0 bridgehead atoms. The van der Waals surface area contributed by atoms with Crippen molar-refractivity contribution in [3.8, 4) is 5.88 Å². The fourth-order valence-electron chi connectivity index (χ4n) is 1.24. The molecule has 1 aromatic heterocycles. The van der Waals surface area contributed by atoms with Gasteiger partial charge in [-0.05, 0) is 33.3 Å². The van der Waals surface area contributed by atoms with Crippen molar-refractivity contribution in [2.75, 3.05) is 12.3 Å². The van der Waals surface area contributed by atoms with E-state index in [1.165, 1.54) is 12.3 Å². The Labute approximate surface area is 107 Å². The van der Waals surface area contributed by atoms with Gasteiger partial charge in [-0.1, -0.05) is 6.92 Å². The average molecular weight is 252 g/mol. The minimum atomic E-state index is -0.473. The molecule has 0 aliphatic rings. The Morgan fingerprint density at radius 2 is 2.11 bits per heavy atom. The van der Waals surface area contributed by atoms with Gasteiger partial charge >= 0.3 is 5.97 Å². The van der Waals surface area contributed by atoms with Crippen molar-refractivity contribution in [1.82, 2.24) is 4.98 Å². The van der Waals surface area contributed by atoms with E-state index in [1.54, 1.807) is 6.92 Å². The number of esters is 1. The van der Waals surface area contributed by atoms with Crippen LogP contribution < -0.4 is 10.5 Å². The van der Waals surface area contributed by atoms with Crippen molar-refractivity contribution in [2.45, 2.75) is 39.7 Å². The quantitative estimate of drug-likeness (QED) is 0.814. The highest BCUT2D eigenvalue weighted by atomic mass is 16.5. The Balaban J connectivity index is 3.07. The van der Waals surface area contributed by atoms with E-state index in [1.807, 2.05) is 20.8 Å². The van der Waals surface area contributed by atoms with Crippen LogP contribution in [0.15, 0.2) is 12.3 Å². The van der Waals surface area contributed by atoms with Crippen LogP contribution >= 0.6 is 0 Å². The first-order valence-corrected chi connectivity index (χ1v) is 6.01. The highest BCUT2D eigenvalue weighted by Gasteiger charge is 2.23. The lowest BCUT2D eigenvalue weighted by molar-refractivity contribution is 0.0503. The number of aromatic nitrogens is 1. The van der Waals surface area contributed by atoms with E-state index in [0.717, 1.165) is 6.42 Å². The van der Waals surface area contributed by atoms with Gasteiger partial charge in [-0.15, -0.1) is 0 Å². The van der Waals surface area contributed by atoms with Crippen molar-refractivity contribution in [1.29, 1.82) is 0 Å². The zero-order valence-corrected chi connectivity index (χ0v) is 11.3. The number of nitrogen functional groups attached to an aromatic ring is 1. The second-order valence-corrected chi connectivity index (χ2v) is 4.56. The molecule has 0 fully saturated rings. The fourth-order valence-corrected chi connectivity index (χ4v) is 1.24. The van der Waals surface area contributed by atoms with Gasteiger partial charge in [-0.3, -0.25) is 0 Å². The Morgan fingerprint density at radius 1 is 1.44 bits per heavy atom. The van der Waals surface area contributed by atoms with Crippen LogP contribution in [-0.2, 0) is 4.74 Å². The molecule has 1 rings (SSSR count). The predicted molar refractivity (Wildman–Crippen MR) is 69.6 cm³/mol. The summed E-state index contributed by atoms with van der Waals surface area (Å²) < 4.78 is 10.7. The van der Waals surface area contributed by atoms with Crippen LogP contribution in [-0.4, -0.2) is 23.2 Å². The lowest BCUT2D eigenvalue weighted by Crippen LogP contribution is -2.28. The van der Waals surface area contributed by atoms with Gasteiger partial charge in [0.2, 0.25) is 5.88 Å². The Kier molecular flexibility index (Phi) is 4.53. The summed E-state index contributed by atoms with van der Waals surface area (Å²) in [4.78, 5) is 15.9. The summed E-state index contributed by atoms with van der Waals surface area (Å²) in [6.07, 6.45) is 2.26.